The Morgan fingerprint density at radius 3 is 1.50 bits per heavy atom. The van der Waals surface area contributed by atoms with Crippen LogP contribution in [0.3, 0.4) is 0 Å². The summed E-state index contributed by atoms with van der Waals surface area (Å²) in [4.78, 5) is 29.3. The predicted octanol–water partition coefficient (Wildman–Crippen LogP) is -3.20. The summed E-state index contributed by atoms with van der Waals surface area (Å²) in [5, 5.41) is 0. The van der Waals surface area contributed by atoms with E-state index in [1.54, 1.807) is 0 Å². The Morgan fingerprint density at radius 2 is 1.42 bits per heavy atom. The van der Waals surface area contributed by atoms with Crippen molar-refractivity contribution in [1.82, 2.24) is 0 Å². The molecule has 0 aliphatic carbocycles. The molecule has 0 atom stereocenters. The quantitative estimate of drug-likeness (QED) is 0.251. The van der Waals surface area contributed by atoms with Gasteiger partial charge in [-0.2, -0.15) is 6.42 Å². The van der Waals surface area contributed by atoms with E-state index in [0.29, 0.717) is 0 Å². The van der Waals surface area contributed by atoms with E-state index in [0.717, 1.165) is 6.42 Å². The smallest absolute Gasteiger partial charge is 0.368 e. The molecular weight excluding hydrogens is 297 g/mol. The van der Waals surface area contributed by atoms with Crippen LogP contribution in [0, 0.1) is 6.92 Å². The summed E-state index contributed by atoms with van der Waals surface area (Å²) < 4.78 is 0. The Kier molecular flexibility index (Phi) is 21.5. The zero-order chi connectivity index (χ0) is 9.33. The molecule has 0 rings (SSSR count). The fourth-order valence-electron chi connectivity index (χ4n) is 0.427. The van der Waals surface area contributed by atoms with Crippen molar-refractivity contribution >= 4 is 9.05 Å². The second-order valence-electron chi connectivity index (χ2n) is 2.16. The van der Waals surface area contributed by atoms with Gasteiger partial charge in [-0.15, -0.1) is 0 Å². The third-order valence-corrected chi connectivity index (χ3v) is 0.854. The number of unbranched alkanes of at least 4 members (excludes halogenated alkanes) is 3. The van der Waals surface area contributed by atoms with Gasteiger partial charge in [-0.3, -0.25) is 0 Å². The molecule has 0 bridgehead atoms. The maximum atomic E-state index is 7.33. The molecule has 0 radical (unpaired) electrons. The predicted molar refractivity (Wildman–Crippen MR) is 44.1 cm³/mol. The Hall–Kier alpha value is 2.11. The molecule has 12 heavy (non-hydrogen) atoms. The SMILES string of the molecule is O[Si](O)(O)O.[CH2-]CCCCC.[Cs+]. The zero-order valence-corrected chi connectivity index (χ0v) is 15.1. The van der Waals surface area contributed by atoms with Crippen LogP contribution < -0.4 is 68.9 Å². The molecule has 0 saturated heterocycles. The van der Waals surface area contributed by atoms with Gasteiger partial charge in [-0.1, -0.05) is 26.2 Å². The molecule has 0 heterocycles. The first kappa shape index (κ1) is 19.6. The van der Waals surface area contributed by atoms with Crippen LogP contribution in [0.15, 0.2) is 0 Å². The fourth-order valence-corrected chi connectivity index (χ4v) is 0.427. The summed E-state index contributed by atoms with van der Waals surface area (Å²) in [6.45, 7) is 5.93. The van der Waals surface area contributed by atoms with Gasteiger partial charge in [0, 0.05) is 0 Å². The monoisotopic (exact) mass is 314 g/mol. The maximum Gasteiger partial charge on any atom is 1.00 e. The molecule has 0 aliphatic rings. The summed E-state index contributed by atoms with van der Waals surface area (Å²) in [6.07, 6.45) is 5.07. The topological polar surface area (TPSA) is 80.9 Å². The minimum absolute atomic E-state index is 0. The van der Waals surface area contributed by atoms with Crippen molar-refractivity contribution in [1.29, 1.82) is 0 Å². The van der Waals surface area contributed by atoms with E-state index in [9.17, 15) is 0 Å². The molecule has 4 N–H and O–H groups in total. The molecular formula is C6H17CsO4Si. The van der Waals surface area contributed by atoms with E-state index in [1.165, 1.54) is 19.3 Å². The molecule has 0 aromatic heterocycles. The zero-order valence-electron chi connectivity index (χ0n) is 7.82. The third-order valence-electron chi connectivity index (χ3n) is 0.854. The van der Waals surface area contributed by atoms with Crippen LogP contribution in [0.4, 0.5) is 0 Å². The molecule has 0 saturated carbocycles. The van der Waals surface area contributed by atoms with Gasteiger partial charge in [0.2, 0.25) is 0 Å². The van der Waals surface area contributed by atoms with Crippen molar-refractivity contribution in [2.75, 3.05) is 0 Å². The second kappa shape index (κ2) is 13.1. The molecule has 4 nitrogen and oxygen atoms in total. The van der Waals surface area contributed by atoms with Crippen molar-refractivity contribution in [3.63, 3.8) is 0 Å². The summed E-state index contributed by atoms with van der Waals surface area (Å²) in [5.74, 6) is 0. The fraction of sp³-hybridized carbons (Fsp3) is 0.833. The average Bonchev–Trinajstić information content (AvgIpc) is 1.79. The normalized spacial score (nSPS) is 9.50. The molecule has 70 valence electrons. The van der Waals surface area contributed by atoms with Crippen LogP contribution in [-0.2, 0) is 0 Å². The first-order chi connectivity index (χ1) is 4.91. The molecule has 0 fully saturated rings. The van der Waals surface area contributed by atoms with Crippen LogP contribution in [0.5, 0.6) is 0 Å². The van der Waals surface area contributed by atoms with Crippen LogP contribution in [0.2, 0.25) is 0 Å². The van der Waals surface area contributed by atoms with Gasteiger partial charge in [0.1, 0.15) is 0 Å². The van der Waals surface area contributed by atoms with E-state index in [1.807, 2.05) is 0 Å². The van der Waals surface area contributed by atoms with Crippen molar-refractivity contribution < 1.29 is 88.1 Å². The van der Waals surface area contributed by atoms with E-state index in [4.69, 9.17) is 19.2 Å². The van der Waals surface area contributed by atoms with Crippen LogP contribution in [0.25, 0.3) is 0 Å². The summed E-state index contributed by atoms with van der Waals surface area (Å²) in [5.41, 5.74) is 0. The molecule has 0 spiro atoms. The first-order valence-corrected chi connectivity index (χ1v) is 5.39. The Morgan fingerprint density at radius 1 is 1.08 bits per heavy atom. The largest absolute Gasteiger partial charge is 1.00 e. The Bertz CT molecular complexity index is 66.4. The molecule has 0 unspecified atom stereocenters. The summed E-state index contributed by atoms with van der Waals surface area (Å²) in [6, 6.07) is 0. The average molecular weight is 314 g/mol. The van der Waals surface area contributed by atoms with E-state index in [-0.39, 0.29) is 68.9 Å². The summed E-state index contributed by atoms with van der Waals surface area (Å²) in [7, 11) is -4.61. The van der Waals surface area contributed by atoms with Crippen LogP contribution in [0.1, 0.15) is 32.6 Å². The standard InChI is InChI=1S/C6H13.Cs.H4O4Si/c1-3-5-6-4-2;;1-5(2,3)4/h1,3-6H2,2H3;;1-4H/q-1;+1;. The summed E-state index contributed by atoms with van der Waals surface area (Å²) >= 11 is 0. The minimum Gasteiger partial charge on any atom is -0.368 e. The van der Waals surface area contributed by atoms with Crippen molar-refractivity contribution in [2.45, 2.75) is 32.6 Å². The van der Waals surface area contributed by atoms with E-state index in [2.05, 4.69) is 13.8 Å². The van der Waals surface area contributed by atoms with Gasteiger partial charge >= 0.3 is 77.9 Å². The number of hydrogen-bond donors (Lipinski definition) is 4. The van der Waals surface area contributed by atoms with Gasteiger partial charge in [0.15, 0.2) is 0 Å². The van der Waals surface area contributed by atoms with Crippen LogP contribution in [-0.4, -0.2) is 28.2 Å². The third kappa shape index (κ3) is 57.3. The Labute approximate surface area is 134 Å². The molecule has 0 amide bonds. The van der Waals surface area contributed by atoms with Crippen molar-refractivity contribution in [3.8, 4) is 0 Å². The first-order valence-electron chi connectivity index (χ1n) is 3.60. The second-order valence-corrected chi connectivity index (χ2v) is 3.36. The molecule has 0 aromatic carbocycles. The molecule has 6 heteroatoms. The minimum atomic E-state index is -4.61. The van der Waals surface area contributed by atoms with Gasteiger partial charge < -0.3 is 26.1 Å². The molecule has 0 aromatic rings. The maximum absolute atomic E-state index is 7.33. The van der Waals surface area contributed by atoms with Crippen LogP contribution >= 0.6 is 0 Å². The number of hydrogen-bond acceptors (Lipinski definition) is 4. The van der Waals surface area contributed by atoms with Gasteiger partial charge in [-0.05, 0) is 0 Å². The van der Waals surface area contributed by atoms with Gasteiger partial charge in [0.05, 0.1) is 0 Å². The van der Waals surface area contributed by atoms with Crippen molar-refractivity contribution in [3.05, 3.63) is 6.92 Å². The van der Waals surface area contributed by atoms with Gasteiger partial charge in [-0.25, -0.2) is 0 Å². The van der Waals surface area contributed by atoms with Crippen molar-refractivity contribution in [2.24, 2.45) is 0 Å². The van der Waals surface area contributed by atoms with E-state index >= 15 is 0 Å². The number of rotatable bonds is 3. The van der Waals surface area contributed by atoms with E-state index < -0.39 is 9.05 Å². The Balaban J connectivity index is -0.000000126. The molecule has 0 aliphatic heterocycles. The van der Waals surface area contributed by atoms with Gasteiger partial charge in [0.25, 0.3) is 0 Å².